The second kappa shape index (κ2) is 3.71. The molecule has 1 rings (SSSR count). The van der Waals surface area contributed by atoms with E-state index in [0.717, 1.165) is 0 Å². The quantitative estimate of drug-likeness (QED) is 0.644. The van der Waals surface area contributed by atoms with Crippen molar-refractivity contribution in [3.05, 3.63) is 33.6 Å². The average molecular weight is 164 g/mol. The van der Waals surface area contributed by atoms with Gasteiger partial charge in [-0.25, -0.2) is 0 Å². The summed E-state index contributed by atoms with van der Waals surface area (Å²) in [4.78, 5) is 20.5. The second-order valence-corrected chi connectivity index (χ2v) is 2.31. The molecule has 0 aromatic heterocycles. The number of benzene rings is 1. The molecule has 0 spiro atoms. The molecule has 1 aromatic carbocycles. The summed E-state index contributed by atoms with van der Waals surface area (Å²) in [6, 6.07) is 4.73. The van der Waals surface area contributed by atoms with Gasteiger partial charge in [0.1, 0.15) is 11.4 Å². The summed E-state index contributed by atoms with van der Waals surface area (Å²) in [6.45, 7) is 1.85. The molecule has 0 aliphatic rings. The van der Waals surface area contributed by atoms with Crippen molar-refractivity contribution in [3.63, 3.8) is 0 Å². The maximum atomic E-state index is 10.3. The third-order valence-corrected chi connectivity index (χ3v) is 1.68. The first-order valence-corrected chi connectivity index (χ1v) is 3.62. The fourth-order valence-corrected chi connectivity index (χ4v) is 1.10. The van der Waals surface area contributed by atoms with Gasteiger partial charge in [-0.15, -0.1) is 9.81 Å². The van der Waals surface area contributed by atoms with Crippen LogP contribution in [0.2, 0.25) is 0 Å². The molecule has 4 heteroatoms. The standard InChI is InChI=1S/C8H8N2O2/c1-2-6-7(9-11)4-3-5-8(6)10-12/h3-5H,2H2,1H3. The zero-order valence-electron chi connectivity index (χ0n) is 6.65. The van der Waals surface area contributed by atoms with Crippen LogP contribution in [0.25, 0.3) is 0 Å². The van der Waals surface area contributed by atoms with Crippen molar-refractivity contribution in [2.24, 2.45) is 10.4 Å². The van der Waals surface area contributed by atoms with Gasteiger partial charge >= 0.3 is 0 Å². The Morgan fingerprint density at radius 3 is 2.00 bits per heavy atom. The molecule has 12 heavy (non-hydrogen) atoms. The van der Waals surface area contributed by atoms with Crippen molar-refractivity contribution in [1.29, 1.82) is 0 Å². The highest BCUT2D eigenvalue weighted by molar-refractivity contribution is 5.59. The maximum absolute atomic E-state index is 10.3. The minimum Gasteiger partial charge on any atom is -0.145 e. The lowest BCUT2D eigenvalue weighted by molar-refractivity contribution is 1.12. The first-order valence-electron chi connectivity index (χ1n) is 3.62. The van der Waals surface area contributed by atoms with E-state index in [1.54, 1.807) is 18.2 Å². The summed E-state index contributed by atoms with van der Waals surface area (Å²) < 4.78 is 0. The van der Waals surface area contributed by atoms with Crippen molar-refractivity contribution in [3.8, 4) is 0 Å². The molecule has 1 aromatic rings. The molecule has 0 atom stereocenters. The molecular weight excluding hydrogens is 156 g/mol. The molecule has 0 saturated heterocycles. The number of hydrogen-bond acceptors (Lipinski definition) is 4. The van der Waals surface area contributed by atoms with Gasteiger partial charge in [-0.1, -0.05) is 13.0 Å². The van der Waals surface area contributed by atoms with E-state index in [2.05, 4.69) is 10.4 Å². The maximum Gasteiger partial charge on any atom is 0.113 e. The topological polar surface area (TPSA) is 58.9 Å². The monoisotopic (exact) mass is 164 g/mol. The fraction of sp³-hybridized carbons (Fsp3) is 0.250. The summed E-state index contributed by atoms with van der Waals surface area (Å²) in [7, 11) is 0. The van der Waals surface area contributed by atoms with Crippen LogP contribution in [0.3, 0.4) is 0 Å². The Labute approximate surface area is 69.6 Å². The minimum absolute atomic E-state index is 0.301. The smallest absolute Gasteiger partial charge is 0.113 e. The van der Waals surface area contributed by atoms with Crippen LogP contribution in [-0.4, -0.2) is 0 Å². The van der Waals surface area contributed by atoms with Crippen molar-refractivity contribution < 1.29 is 0 Å². The molecule has 0 bridgehead atoms. The molecule has 62 valence electrons. The molecule has 0 amide bonds. The van der Waals surface area contributed by atoms with Crippen molar-refractivity contribution in [2.45, 2.75) is 13.3 Å². The average Bonchev–Trinajstić information content (AvgIpc) is 2.16. The van der Waals surface area contributed by atoms with E-state index in [1.807, 2.05) is 6.92 Å². The predicted octanol–water partition coefficient (Wildman–Crippen LogP) is 3.04. The normalized spacial score (nSPS) is 9.42. The highest BCUT2D eigenvalue weighted by Crippen LogP contribution is 2.28. The van der Waals surface area contributed by atoms with Crippen LogP contribution in [0.4, 0.5) is 11.4 Å². The van der Waals surface area contributed by atoms with Crippen molar-refractivity contribution >= 4 is 11.4 Å². The number of nitroso groups, excluding NO2 is 2. The molecule has 0 unspecified atom stereocenters. The second-order valence-electron chi connectivity index (χ2n) is 2.31. The van der Waals surface area contributed by atoms with Gasteiger partial charge in [-0.05, 0) is 28.9 Å². The highest BCUT2D eigenvalue weighted by Gasteiger charge is 2.06. The molecule has 0 aliphatic heterocycles. The Kier molecular flexibility index (Phi) is 2.63. The van der Waals surface area contributed by atoms with Crippen LogP contribution < -0.4 is 0 Å². The first-order chi connectivity index (χ1) is 5.83. The fourth-order valence-electron chi connectivity index (χ4n) is 1.10. The van der Waals surface area contributed by atoms with Crippen LogP contribution in [0.5, 0.6) is 0 Å². The van der Waals surface area contributed by atoms with E-state index in [9.17, 15) is 9.81 Å². The Bertz CT molecular complexity index is 284. The van der Waals surface area contributed by atoms with Gasteiger partial charge in [-0.2, -0.15) is 0 Å². The predicted molar refractivity (Wildman–Crippen MR) is 46.7 cm³/mol. The third kappa shape index (κ3) is 1.37. The highest BCUT2D eigenvalue weighted by atomic mass is 16.3. The van der Waals surface area contributed by atoms with E-state index >= 15 is 0 Å². The number of hydrogen-bond donors (Lipinski definition) is 0. The largest absolute Gasteiger partial charge is 0.145 e. The SMILES string of the molecule is CCc1c(N=O)cccc1N=O. The molecule has 0 heterocycles. The van der Waals surface area contributed by atoms with Crippen LogP contribution in [0.1, 0.15) is 12.5 Å². The molecule has 0 saturated carbocycles. The van der Waals surface area contributed by atoms with Gasteiger partial charge < -0.3 is 0 Å². The zero-order chi connectivity index (χ0) is 8.97. The third-order valence-electron chi connectivity index (χ3n) is 1.68. The molecule has 0 N–H and O–H groups in total. The Morgan fingerprint density at radius 2 is 1.67 bits per heavy atom. The first kappa shape index (κ1) is 8.52. The van der Waals surface area contributed by atoms with Gasteiger partial charge in [0.15, 0.2) is 0 Å². The molecule has 0 radical (unpaired) electrons. The van der Waals surface area contributed by atoms with Crippen LogP contribution in [-0.2, 0) is 6.42 Å². The molecular formula is C8H8N2O2. The lowest BCUT2D eigenvalue weighted by Gasteiger charge is -2.00. The van der Waals surface area contributed by atoms with Crippen molar-refractivity contribution in [2.75, 3.05) is 0 Å². The lowest BCUT2D eigenvalue weighted by atomic mass is 10.1. The van der Waals surface area contributed by atoms with Crippen LogP contribution in [0.15, 0.2) is 28.6 Å². The summed E-state index contributed by atoms with van der Waals surface area (Å²) >= 11 is 0. The number of nitrogens with zero attached hydrogens (tertiary/aromatic N) is 2. The summed E-state index contributed by atoms with van der Waals surface area (Å²) in [5.41, 5.74) is 1.21. The Balaban J connectivity index is 3.30. The van der Waals surface area contributed by atoms with E-state index in [1.165, 1.54) is 0 Å². The Morgan fingerprint density at radius 1 is 1.17 bits per heavy atom. The lowest BCUT2D eigenvalue weighted by Crippen LogP contribution is -1.81. The molecule has 4 nitrogen and oxygen atoms in total. The van der Waals surface area contributed by atoms with E-state index in [-0.39, 0.29) is 0 Å². The molecule has 0 fully saturated rings. The van der Waals surface area contributed by atoms with Gasteiger partial charge in [0.2, 0.25) is 0 Å². The van der Waals surface area contributed by atoms with E-state index in [0.29, 0.717) is 23.4 Å². The zero-order valence-corrected chi connectivity index (χ0v) is 6.65. The number of rotatable bonds is 3. The van der Waals surface area contributed by atoms with Crippen LogP contribution in [0, 0.1) is 9.81 Å². The van der Waals surface area contributed by atoms with Crippen molar-refractivity contribution in [1.82, 2.24) is 0 Å². The van der Waals surface area contributed by atoms with Crippen LogP contribution >= 0.6 is 0 Å². The van der Waals surface area contributed by atoms with Gasteiger partial charge in [0, 0.05) is 5.56 Å². The van der Waals surface area contributed by atoms with Gasteiger partial charge in [0.25, 0.3) is 0 Å². The molecule has 0 aliphatic carbocycles. The van der Waals surface area contributed by atoms with Gasteiger partial charge in [0.05, 0.1) is 0 Å². The Hall–Kier alpha value is -1.58. The van der Waals surface area contributed by atoms with E-state index < -0.39 is 0 Å². The summed E-state index contributed by atoms with van der Waals surface area (Å²) in [6.07, 6.45) is 0.586. The summed E-state index contributed by atoms with van der Waals surface area (Å²) in [5.74, 6) is 0. The summed E-state index contributed by atoms with van der Waals surface area (Å²) in [5, 5.41) is 5.60. The van der Waals surface area contributed by atoms with E-state index in [4.69, 9.17) is 0 Å². The minimum atomic E-state index is 0.301. The van der Waals surface area contributed by atoms with Gasteiger partial charge in [-0.3, -0.25) is 0 Å².